The van der Waals surface area contributed by atoms with Gasteiger partial charge in [-0.3, -0.25) is 0 Å². The highest BCUT2D eigenvalue weighted by Crippen LogP contribution is 2.46. The van der Waals surface area contributed by atoms with Gasteiger partial charge in [0.05, 0.1) is 5.56 Å². The van der Waals surface area contributed by atoms with Crippen LogP contribution in [0.1, 0.15) is 23.2 Å². The Hall–Kier alpha value is -1.12. The highest BCUT2D eigenvalue weighted by molar-refractivity contribution is 8.00. The predicted molar refractivity (Wildman–Crippen MR) is 71.9 cm³/mol. The molecule has 0 amide bonds. The molecule has 0 saturated heterocycles. The van der Waals surface area contributed by atoms with Crippen molar-refractivity contribution in [2.75, 3.05) is 12.8 Å². The average Bonchev–Trinajstić information content (AvgIpc) is 3.17. The van der Waals surface area contributed by atoms with Crippen LogP contribution in [0.3, 0.4) is 0 Å². The summed E-state index contributed by atoms with van der Waals surface area (Å²) in [5.74, 6) is -1.14. The molecule has 0 atom stereocenters. The van der Waals surface area contributed by atoms with Crippen molar-refractivity contribution < 1.29 is 18.3 Å². The van der Waals surface area contributed by atoms with Gasteiger partial charge in [0, 0.05) is 17.5 Å². The van der Waals surface area contributed by atoms with Gasteiger partial charge in [0.2, 0.25) is 0 Å². The zero-order chi connectivity index (χ0) is 14.1. The summed E-state index contributed by atoms with van der Waals surface area (Å²) in [6.45, 7) is 0.374. The number of carboxylic acids is 1. The van der Waals surface area contributed by atoms with Gasteiger partial charge < -0.3 is 5.11 Å². The first-order valence-electron chi connectivity index (χ1n) is 5.63. The number of rotatable bonds is 6. The standard InChI is InChI=1S/C11H14N2O4S2/c1-18-11(4-5-11)7-13-19(16,17)9-3-2-8(6-12-9)10(14)15/h2-3,6,13H,4-5,7H2,1H3,(H,14,15). The van der Waals surface area contributed by atoms with Crippen molar-refractivity contribution in [3.8, 4) is 0 Å². The lowest BCUT2D eigenvalue weighted by molar-refractivity contribution is 0.0696. The molecule has 1 aliphatic carbocycles. The number of sulfonamides is 1. The van der Waals surface area contributed by atoms with Gasteiger partial charge in [-0.2, -0.15) is 11.8 Å². The normalized spacial score (nSPS) is 17.1. The molecule has 0 spiro atoms. The van der Waals surface area contributed by atoms with Crippen molar-refractivity contribution in [1.82, 2.24) is 9.71 Å². The van der Waals surface area contributed by atoms with Crippen LogP contribution < -0.4 is 4.72 Å². The molecule has 0 aromatic carbocycles. The van der Waals surface area contributed by atoms with Gasteiger partial charge in [0.25, 0.3) is 10.0 Å². The van der Waals surface area contributed by atoms with E-state index in [0.29, 0.717) is 6.54 Å². The Labute approximate surface area is 115 Å². The molecule has 0 radical (unpaired) electrons. The Morgan fingerprint density at radius 1 is 1.53 bits per heavy atom. The van der Waals surface area contributed by atoms with Gasteiger partial charge in [0.15, 0.2) is 5.03 Å². The second kappa shape index (κ2) is 5.10. The lowest BCUT2D eigenvalue weighted by Gasteiger charge is -2.12. The summed E-state index contributed by atoms with van der Waals surface area (Å²) in [5.41, 5.74) is -0.0401. The molecule has 0 aliphatic heterocycles. The fourth-order valence-electron chi connectivity index (χ4n) is 1.56. The first kappa shape index (κ1) is 14.3. The third kappa shape index (κ3) is 3.26. The number of pyridine rings is 1. The minimum absolute atomic E-state index is 0.0219. The Morgan fingerprint density at radius 3 is 2.63 bits per heavy atom. The maximum Gasteiger partial charge on any atom is 0.337 e. The van der Waals surface area contributed by atoms with E-state index in [9.17, 15) is 13.2 Å². The lowest BCUT2D eigenvalue weighted by atomic mass is 10.3. The number of nitrogens with one attached hydrogen (secondary N) is 1. The van der Waals surface area contributed by atoms with Crippen LogP contribution in [0.25, 0.3) is 0 Å². The summed E-state index contributed by atoms with van der Waals surface area (Å²) >= 11 is 1.66. The highest BCUT2D eigenvalue weighted by atomic mass is 32.2. The third-order valence-corrected chi connectivity index (χ3v) is 5.82. The quantitative estimate of drug-likeness (QED) is 0.812. The third-order valence-electron chi connectivity index (χ3n) is 3.08. The number of aromatic carboxylic acids is 1. The first-order chi connectivity index (χ1) is 8.88. The Kier molecular flexibility index (Phi) is 3.84. The van der Waals surface area contributed by atoms with Crippen LogP contribution in [-0.2, 0) is 10.0 Å². The molecular formula is C11H14N2O4S2. The maximum atomic E-state index is 12.0. The van der Waals surface area contributed by atoms with E-state index < -0.39 is 16.0 Å². The minimum atomic E-state index is -3.67. The van der Waals surface area contributed by atoms with Crippen molar-refractivity contribution >= 4 is 27.8 Å². The molecule has 6 nitrogen and oxygen atoms in total. The Balaban J connectivity index is 2.08. The van der Waals surface area contributed by atoms with E-state index >= 15 is 0 Å². The topological polar surface area (TPSA) is 96.4 Å². The van der Waals surface area contributed by atoms with Crippen LogP contribution in [0.4, 0.5) is 0 Å². The van der Waals surface area contributed by atoms with Crippen molar-refractivity contribution in [2.45, 2.75) is 22.6 Å². The molecular weight excluding hydrogens is 288 g/mol. The number of nitrogens with zero attached hydrogens (tertiary/aromatic N) is 1. The predicted octanol–water partition coefficient (Wildman–Crippen LogP) is 0.954. The molecule has 1 heterocycles. The monoisotopic (exact) mass is 302 g/mol. The second-order valence-electron chi connectivity index (χ2n) is 4.40. The molecule has 8 heteroatoms. The van der Waals surface area contributed by atoms with Crippen LogP contribution in [0.5, 0.6) is 0 Å². The van der Waals surface area contributed by atoms with Crippen molar-refractivity contribution in [1.29, 1.82) is 0 Å². The number of aromatic nitrogens is 1. The molecule has 0 bridgehead atoms. The second-order valence-corrected chi connectivity index (χ2v) is 7.39. The molecule has 19 heavy (non-hydrogen) atoms. The number of carboxylic acid groups (broad SMARTS) is 1. The van der Waals surface area contributed by atoms with Crippen LogP contribution >= 0.6 is 11.8 Å². The Morgan fingerprint density at radius 2 is 2.21 bits per heavy atom. The first-order valence-corrected chi connectivity index (χ1v) is 8.33. The smallest absolute Gasteiger partial charge is 0.337 e. The van der Waals surface area contributed by atoms with Crippen LogP contribution in [0, 0.1) is 0 Å². The van der Waals surface area contributed by atoms with Crippen molar-refractivity contribution in [3.05, 3.63) is 23.9 Å². The average molecular weight is 302 g/mol. The van der Waals surface area contributed by atoms with Crippen LogP contribution in [0.2, 0.25) is 0 Å². The van der Waals surface area contributed by atoms with Gasteiger partial charge in [0.1, 0.15) is 0 Å². The SMILES string of the molecule is CSC1(CNS(=O)(=O)c2ccc(C(=O)O)cn2)CC1. The van der Waals surface area contributed by atoms with Gasteiger partial charge in [-0.05, 0) is 31.2 Å². The van der Waals surface area contributed by atoms with E-state index in [1.165, 1.54) is 12.1 Å². The summed E-state index contributed by atoms with van der Waals surface area (Å²) < 4.78 is 26.5. The minimum Gasteiger partial charge on any atom is -0.478 e. The summed E-state index contributed by atoms with van der Waals surface area (Å²) in [7, 11) is -3.67. The molecule has 1 aromatic rings. The summed E-state index contributed by atoms with van der Waals surface area (Å²) in [6, 6.07) is 2.43. The highest BCUT2D eigenvalue weighted by Gasteiger charge is 2.42. The van der Waals surface area contributed by atoms with E-state index in [-0.39, 0.29) is 15.3 Å². The molecule has 0 unspecified atom stereocenters. The number of carbonyl (C=O) groups is 1. The van der Waals surface area contributed by atoms with Crippen molar-refractivity contribution in [3.63, 3.8) is 0 Å². The van der Waals surface area contributed by atoms with Crippen molar-refractivity contribution in [2.24, 2.45) is 0 Å². The summed E-state index contributed by atoms with van der Waals surface area (Å²) in [5, 5.41) is 8.56. The van der Waals surface area contributed by atoms with E-state index in [4.69, 9.17) is 5.11 Å². The van der Waals surface area contributed by atoms with E-state index in [0.717, 1.165) is 19.0 Å². The molecule has 104 valence electrons. The fourth-order valence-corrected chi connectivity index (χ4v) is 3.43. The maximum absolute atomic E-state index is 12.0. The van der Waals surface area contributed by atoms with E-state index in [1.54, 1.807) is 11.8 Å². The molecule has 1 aliphatic rings. The molecule has 1 aromatic heterocycles. The number of thioether (sulfide) groups is 1. The molecule has 2 rings (SSSR count). The van der Waals surface area contributed by atoms with Gasteiger partial charge in [-0.25, -0.2) is 22.9 Å². The van der Waals surface area contributed by atoms with Crippen LogP contribution in [-0.4, -0.2) is 42.0 Å². The zero-order valence-electron chi connectivity index (χ0n) is 10.3. The summed E-state index contributed by atoms with van der Waals surface area (Å²) in [6.07, 6.45) is 5.00. The zero-order valence-corrected chi connectivity index (χ0v) is 11.9. The van der Waals surface area contributed by atoms with E-state index in [2.05, 4.69) is 9.71 Å². The molecule has 2 N–H and O–H groups in total. The number of hydrogen-bond donors (Lipinski definition) is 2. The molecule has 1 fully saturated rings. The largest absolute Gasteiger partial charge is 0.478 e. The van der Waals surface area contributed by atoms with Crippen LogP contribution in [0.15, 0.2) is 23.4 Å². The lowest BCUT2D eigenvalue weighted by Crippen LogP contribution is -2.32. The van der Waals surface area contributed by atoms with Gasteiger partial charge in [-0.1, -0.05) is 0 Å². The van der Waals surface area contributed by atoms with E-state index in [1.807, 2.05) is 6.26 Å². The Bertz CT molecular complexity index is 579. The number of hydrogen-bond acceptors (Lipinski definition) is 5. The summed E-state index contributed by atoms with van der Waals surface area (Å²) in [4.78, 5) is 14.3. The van der Waals surface area contributed by atoms with Gasteiger partial charge in [-0.15, -0.1) is 0 Å². The molecule has 1 saturated carbocycles. The van der Waals surface area contributed by atoms with Gasteiger partial charge >= 0.3 is 5.97 Å². The fraction of sp³-hybridized carbons (Fsp3) is 0.455.